The lowest BCUT2D eigenvalue weighted by Crippen LogP contribution is -2.18. The Morgan fingerprint density at radius 1 is 1.26 bits per heavy atom. The Morgan fingerprint density at radius 2 is 2.03 bits per heavy atom. The SMILES string of the molecule is COc1ccc2c(O[C@@H]3C[C@@H](I)[C@H](C(=O)O)C3)cc(-c3nc(C(C)C)cs3)nc2c1C. The normalized spacial score (nSPS) is 21.0. The molecule has 164 valence electrons. The maximum absolute atomic E-state index is 11.5. The van der Waals surface area contributed by atoms with Crippen LogP contribution in [0.2, 0.25) is 0 Å². The summed E-state index contributed by atoms with van der Waals surface area (Å²) >= 11 is 3.80. The largest absolute Gasteiger partial charge is 0.496 e. The van der Waals surface area contributed by atoms with E-state index in [1.54, 1.807) is 18.4 Å². The number of methoxy groups -OCH3 is 1. The summed E-state index contributed by atoms with van der Waals surface area (Å²) in [7, 11) is 1.65. The number of halogens is 1. The molecular formula is C23H25IN2O4S. The number of carboxylic acid groups (broad SMARTS) is 1. The van der Waals surface area contributed by atoms with Crippen LogP contribution >= 0.6 is 33.9 Å². The summed E-state index contributed by atoms with van der Waals surface area (Å²) in [6, 6.07) is 5.81. The van der Waals surface area contributed by atoms with Crippen molar-refractivity contribution in [3.8, 4) is 22.2 Å². The second-order valence-electron chi connectivity index (χ2n) is 8.20. The topological polar surface area (TPSA) is 81.5 Å². The van der Waals surface area contributed by atoms with Gasteiger partial charge < -0.3 is 14.6 Å². The first-order valence-electron chi connectivity index (χ1n) is 10.3. The summed E-state index contributed by atoms with van der Waals surface area (Å²) in [6.45, 7) is 6.23. The van der Waals surface area contributed by atoms with Crippen LogP contribution in [0.15, 0.2) is 23.6 Å². The van der Waals surface area contributed by atoms with E-state index in [0.717, 1.165) is 38.6 Å². The monoisotopic (exact) mass is 552 g/mol. The third-order valence-corrected chi connectivity index (χ3v) is 8.01. The van der Waals surface area contributed by atoms with Gasteiger partial charge in [-0.05, 0) is 37.8 Å². The van der Waals surface area contributed by atoms with E-state index < -0.39 is 5.97 Å². The average molecular weight is 552 g/mol. The molecule has 0 amide bonds. The van der Waals surface area contributed by atoms with E-state index in [0.29, 0.717) is 24.5 Å². The molecule has 3 aromatic rings. The Labute approximate surface area is 199 Å². The number of alkyl halides is 1. The highest BCUT2D eigenvalue weighted by molar-refractivity contribution is 14.1. The molecule has 0 bridgehead atoms. The Bertz CT molecular complexity index is 1130. The predicted molar refractivity (Wildman–Crippen MR) is 131 cm³/mol. The molecule has 1 aliphatic carbocycles. The third-order valence-electron chi connectivity index (χ3n) is 5.75. The zero-order valence-corrected chi connectivity index (χ0v) is 20.9. The number of benzene rings is 1. The lowest BCUT2D eigenvalue weighted by Gasteiger charge is -2.17. The second-order valence-corrected chi connectivity index (χ2v) is 10.7. The van der Waals surface area contributed by atoms with Crippen LogP contribution in [0.25, 0.3) is 21.6 Å². The van der Waals surface area contributed by atoms with Crippen LogP contribution in [-0.2, 0) is 4.79 Å². The van der Waals surface area contributed by atoms with Crippen LogP contribution < -0.4 is 9.47 Å². The number of carboxylic acids is 1. The lowest BCUT2D eigenvalue weighted by atomic mass is 10.1. The van der Waals surface area contributed by atoms with Gasteiger partial charge in [-0.2, -0.15) is 0 Å². The van der Waals surface area contributed by atoms with Crippen LogP contribution in [0.5, 0.6) is 11.5 Å². The summed E-state index contributed by atoms with van der Waals surface area (Å²) in [5.41, 5.74) is 3.55. The van der Waals surface area contributed by atoms with Crippen LogP contribution in [-0.4, -0.2) is 38.2 Å². The summed E-state index contributed by atoms with van der Waals surface area (Å²) < 4.78 is 12.0. The number of hydrogen-bond donors (Lipinski definition) is 1. The molecule has 0 unspecified atom stereocenters. The highest BCUT2D eigenvalue weighted by Gasteiger charge is 2.38. The molecule has 1 N–H and O–H groups in total. The number of pyridine rings is 1. The summed E-state index contributed by atoms with van der Waals surface area (Å²) in [6.07, 6.45) is 1.07. The van der Waals surface area contributed by atoms with E-state index in [9.17, 15) is 9.90 Å². The van der Waals surface area contributed by atoms with Crippen molar-refractivity contribution in [2.24, 2.45) is 5.92 Å². The quantitative estimate of drug-likeness (QED) is 0.306. The first-order chi connectivity index (χ1) is 14.8. The number of ether oxygens (including phenoxy) is 2. The van der Waals surface area contributed by atoms with Crippen molar-refractivity contribution in [2.45, 2.75) is 49.6 Å². The van der Waals surface area contributed by atoms with Gasteiger partial charge in [-0.25, -0.2) is 9.97 Å². The number of aromatic nitrogens is 2. The van der Waals surface area contributed by atoms with E-state index in [-0.39, 0.29) is 15.9 Å². The van der Waals surface area contributed by atoms with Crippen molar-refractivity contribution in [1.29, 1.82) is 0 Å². The van der Waals surface area contributed by atoms with E-state index in [1.807, 2.05) is 25.1 Å². The van der Waals surface area contributed by atoms with E-state index in [4.69, 9.17) is 19.4 Å². The van der Waals surface area contributed by atoms with Gasteiger partial charge in [0.2, 0.25) is 0 Å². The molecule has 1 aromatic carbocycles. The summed E-state index contributed by atoms with van der Waals surface area (Å²) in [5, 5.41) is 13.3. The molecule has 1 saturated carbocycles. The molecule has 2 heterocycles. The molecule has 8 heteroatoms. The third kappa shape index (κ3) is 4.37. The predicted octanol–water partition coefficient (Wildman–Crippen LogP) is 5.84. The number of thiazole rings is 1. The maximum atomic E-state index is 11.5. The molecule has 1 fully saturated rings. The van der Waals surface area contributed by atoms with Crippen molar-refractivity contribution in [2.75, 3.05) is 7.11 Å². The van der Waals surface area contributed by atoms with Crippen LogP contribution in [0.4, 0.5) is 0 Å². The highest BCUT2D eigenvalue weighted by Crippen LogP contribution is 2.40. The second kappa shape index (κ2) is 8.90. The molecule has 0 aliphatic heterocycles. The number of fused-ring (bicyclic) bond motifs is 1. The Hall–Kier alpha value is -1.94. The van der Waals surface area contributed by atoms with Gasteiger partial charge in [-0.3, -0.25) is 4.79 Å². The first-order valence-corrected chi connectivity index (χ1v) is 12.4. The van der Waals surface area contributed by atoms with Crippen LogP contribution in [0, 0.1) is 12.8 Å². The van der Waals surface area contributed by atoms with Crippen molar-refractivity contribution in [1.82, 2.24) is 9.97 Å². The van der Waals surface area contributed by atoms with Crippen LogP contribution in [0.3, 0.4) is 0 Å². The summed E-state index contributed by atoms with van der Waals surface area (Å²) in [4.78, 5) is 21.2. The highest BCUT2D eigenvalue weighted by atomic mass is 127. The van der Waals surface area contributed by atoms with Gasteiger partial charge in [0.1, 0.15) is 28.3 Å². The zero-order chi connectivity index (χ0) is 22.3. The van der Waals surface area contributed by atoms with Crippen molar-refractivity contribution in [3.05, 3.63) is 34.8 Å². The zero-order valence-electron chi connectivity index (χ0n) is 17.9. The summed E-state index contributed by atoms with van der Waals surface area (Å²) in [5.74, 6) is 0.689. The smallest absolute Gasteiger partial charge is 0.307 e. The fourth-order valence-electron chi connectivity index (χ4n) is 3.95. The Morgan fingerprint density at radius 3 is 2.65 bits per heavy atom. The number of hydrogen-bond acceptors (Lipinski definition) is 6. The van der Waals surface area contributed by atoms with E-state index in [1.165, 1.54) is 0 Å². The first kappa shape index (κ1) is 22.3. The van der Waals surface area contributed by atoms with Crippen molar-refractivity contribution < 1.29 is 19.4 Å². The fraction of sp³-hybridized carbons (Fsp3) is 0.435. The minimum absolute atomic E-state index is 0.0575. The van der Waals surface area contributed by atoms with E-state index >= 15 is 0 Å². The molecule has 6 nitrogen and oxygen atoms in total. The van der Waals surface area contributed by atoms with E-state index in [2.05, 4.69) is 41.8 Å². The minimum Gasteiger partial charge on any atom is -0.496 e. The Balaban J connectivity index is 1.79. The number of rotatable bonds is 6. The molecule has 3 atom stereocenters. The van der Waals surface area contributed by atoms with Crippen molar-refractivity contribution >= 4 is 50.8 Å². The van der Waals surface area contributed by atoms with Crippen molar-refractivity contribution in [3.63, 3.8) is 0 Å². The van der Waals surface area contributed by atoms with Gasteiger partial charge in [0.05, 0.1) is 24.2 Å². The number of carbonyl (C=O) groups is 1. The van der Waals surface area contributed by atoms with Gasteiger partial charge in [0.15, 0.2) is 0 Å². The molecule has 0 radical (unpaired) electrons. The Kier molecular flexibility index (Phi) is 6.39. The minimum atomic E-state index is -0.754. The number of aliphatic carboxylic acids is 1. The van der Waals surface area contributed by atoms with Gasteiger partial charge in [-0.15, -0.1) is 11.3 Å². The maximum Gasteiger partial charge on any atom is 0.307 e. The van der Waals surface area contributed by atoms with Gasteiger partial charge in [0.25, 0.3) is 0 Å². The molecular weight excluding hydrogens is 527 g/mol. The van der Waals surface area contributed by atoms with Gasteiger partial charge >= 0.3 is 5.97 Å². The molecule has 2 aromatic heterocycles. The molecule has 0 saturated heterocycles. The molecule has 1 aliphatic rings. The number of nitrogens with zero attached hydrogens (tertiary/aromatic N) is 2. The molecule has 0 spiro atoms. The fourth-order valence-corrected chi connectivity index (χ4v) is 6.06. The van der Waals surface area contributed by atoms with Gasteiger partial charge in [-0.1, -0.05) is 36.4 Å². The lowest BCUT2D eigenvalue weighted by molar-refractivity contribution is -0.141. The number of aryl methyl sites for hydroxylation is 1. The standard InChI is InChI=1S/C23H25IN2O4S/c1-11(2)18-10-31-22(26-18)17-9-20(30-13-7-15(23(27)28)16(24)8-13)14-5-6-19(29-4)12(3)21(14)25-17/h5-6,9-11,13,15-16H,7-8H2,1-4H3,(H,27,28)/t13-,15+,16+/m0/s1. The van der Waals surface area contributed by atoms with Gasteiger partial charge in [0, 0.05) is 26.3 Å². The molecule has 31 heavy (non-hydrogen) atoms. The molecule has 4 rings (SSSR count). The average Bonchev–Trinajstić information content (AvgIpc) is 3.36. The van der Waals surface area contributed by atoms with Crippen LogP contribution in [0.1, 0.15) is 43.9 Å².